The molecule has 2 rings (SSSR count). The third kappa shape index (κ3) is 2.62. The number of benzene rings is 1. The van der Waals surface area contributed by atoms with Crippen molar-refractivity contribution in [3.8, 4) is 0 Å². The molecule has 1 unspecified atom stereocenters. The molecule has 0 fully saturated rings. The van der Waals surface area contributed by atoms with Crippen LogP contribution in [-0.4, -0.2) is 9.78 Å². The number of rotatable bonds is 4. The summed E-state index contributed by atoms with van der Waals surface area (Å²) in [4.78, 5) is 0. The molecule has 0 saturated carbocycles. The molecule has 1 aromatic heterocycles. The van der Waals surface area contributed by atoms with Gasteiger partial charge in [0.25, 0.3) is 0 Å². The van der Waals surface area contributed by atoms with Gasteiger partial charge in [0, 0.05) is 25.2 Å². The van der Waals surface area contributed by atoms with Crippen molar-refractivity contribution < 1.29 is 0 Å². The lowest BCUT2D eigenvalue weighted by Crippen LogP contribution is -2.16. The Bertz CT molecular complexity index is 528. The summed E-state index contributed by atoms with van der Waals surface area (Å²) in [6.07, 6.45) is 1.79. The maximum atomic E-state index is 6.31. The van der Waals surface area contributed by atoms with E-state index >= 15 is 0 Å². The minimum atomic E-state index is 0.0336. The van der Waals surface area contributed by atoms with E-state index < -0.39 is 0 Å². The molecule has 1 heterocycles. The largest absolute Gasteiger partial charge is 0.324 e. The number of hydrogen-bond acceptors (Lipinski definition) is 2. The van der Waals surface area contributed by atoms with Crippen molar-refractivity contribution in [2.45, 2.75) is 32.7 Å². The van der Waals surface area contributed by atoms with Crippen LogP contribution in [0.2, 0.25) is 0 Å². The molecule has 0 saturated heterocycles. The molecule has 18 heavy (non-hydrogen) atoms. The van der Waals surface area contributed by atoms with E-state index in [1.807, 2.05) is 23.9 Å². The minimum absolute atomic E-state index is 0.0336. The molecule has 1 atom stereocenters. The normalized spacial score (nSPS) is 12.7. The summed E-state index contributed by atoms with van der Waals surface area (Å²) in [5, 5.41) is 4.46. The first kappa shape index (κ1) is 12.8. The molecule has 0 bridgehead atoms. The fraction of sp³-hybridized carbons (Fsp3) is 0.400. The second-order valence-corrected chi connectivity index (χ2v) is 4.77. The maximum absolute atomic E-state index is 6.31. The lowest BCUT2D eigenvalue weighted by molar-refractivity contribution is 0.636. The van der Waals surface area contributed by atoms with E-state index in [2.05, 4.69) is 37.1 Å². The van der Waals surface area contributed by atoms with Gasteiger partial charge in [-0.05, 0) is 30.5 Å². The average Bonchev–Trinajstić information content (AvgIpc) is 2.70. The molecule has 0 aliphatic carbocycles. The predicted molar refractivity (Wildman–Crippen MR) is 74.4 cm³/mol. The third-order valence-electron chi connectivity index (χ3n) is 3.41. The fourth-order valence-corrected chi connectivity index (χ4v) is 2.27. The molecule has 0 spiro atoms. The van der Waals surface area contributed by atoms with Crippen molar-refractivity contribution in [1.82, 2.24) is 9.78 Å². The van der Waals surface area contributed by atoms with Crippen LogP contribution in [0.3, 0.4) is 0 Å². The molecule has 0 aliphatic heterocycles. The Kier molecular flexibility index (Phi) is 3.82. The topological polar surface area (TPSA) is 43.8 Å². The van der Waals surface area contributed by atoms with Gasteiger partial charge in [0.1, 0.15) is 0 Å². The first-order valence-corrected chi connectivity index (χ1v) is 6.44. The zero-order chi connectivity index (χ0) is 13.1. The Morgan fingerprint density at radius 2 is 2.06 bits per heavy atom. The van der Waals surface area contributed by atoms with Gasteiger partial charge < -0.3 is 5.73 Å². The van der Waals surface area contributed by atoms with E-state index in [1.165, 1.54) is 16.8 Å². The zero-order valence-corrected chi connectivity index (χ0v) is 11.4. The van der Waals surface area contributed by atoms with Crippen LogP contribution in [-0.2, 0) is 19.9 Å². The monoisotopic (exact) mass is 243 g/mol. The Morgan fingerprint density at radius 1 is 1.33 bits per heavy atom. The van der Waals surface area contributed by atoms with Crippen molar-refractivity contribution in [2.75, 3.05) is 0 Å². The van der Waals surface area contributed by atoms with Crippen molar-refractivity contribution in [3.63, 3.8) is 0 Å². The second-order valence-electron chi connectivity index (χ2n) is 4.77. The highest BCUT2D eigenvalue weighted by Crippen LogP contribution is 2.19. The summed E-state index contributed by atoms with van der Waals surface area (Å²) in [5.41, 5.74) is 11.1. The molecule has 0 radical (unpaired) electrons. The van der Waals surface area contributed by atoms with Gasteiger partial charge in [0.15, 0.2) is 0 Å². The number of nitrogens with two attached hydrogens (primary N) is 1. The van der Waals surface area contributed by atoms with E-state index in [9.17, 15) is 0 Å². The summed E-state index contributed by atoms with van der Waals surface area (Å²) >= 11 is 0. The van der Waals surface area contributed by atoms with Crippen LogP contribution in [0.15, 0.2) is 30.3 Å². The highest BCUT2D eigenvalue weighted by Gasteiger charge is 2.12. The molecule has 0 amide bonds. The number of aryl methyl sites for hydroxylation is 3. The first-order valence-electron chi connectivity index (χ1n) is 6.44. The first-order chi connectivity index (χ1) is 8.61. The van der Waals surface area contributed by atoms with E-state index in [-0.39, 0.29) is 6.04 Å². The van der Waals surface area contributed by atoms with Gasteiger partial charge in [-0.1, -0.05) is 31.2 Å². The third-order valence-corrected chi connectivity index (χ3v) is 3.41. The number of nitrogens with zero attached hydrogens (tertiary/aromatic N) is 2. The van der Waals surface area contributed by atoms with Crippen molar-refractivity contribution in [3.05, 3.63) is 52.8 Å². The van der Waals surface area contributed by atoms with Crippen molar-refractivity contribution in [2.24, 2.45) is 12.8 Å². The van der Waals surface area contributed by atoms with Gasteiger partial charge >= 0.3 is 0 Å². The highest BCUT2D eigenvalue weighted by molar-refractivity contribution is 5.29. The average molecular weight is 243 g/mol. The molecule has 3 heteroatoms. The van der Waals surface area contributed by atoms with Crippen LogP contribution in [0.4, 0.5) is 0 Å². The molecule has 96 valence electrons. The fourth-order valence-electron chi connectivity index (χ4n) is 2.27. The summed E-state index contributed by atoms with van der Waals surface area (Å²) in [6.45, 7) is 4.23. The zero-order valence-electron chi connectivity index (χ0n) is 11.4. The molecular weight excluding hydrogens is 222 g/mol. The summed E-state index contributed by atoms with van der Waals surface area (Å²) in [6, 6.07) is 10.5. The van der Waals surface area contributed by atoms with E-state index in [0.29, 0.717) is 0 Å². The van der Waals surface area contributed by atoms with Gasteiger partial charge in [-0.3, -0.25) is 4.68 Å². The quantitative estimate of drug-likeness (QED) is 0.896. The predicted octanol–water partition coefficient (Wildman–Crippen LogP) is 2.53. The maximum Gasteiger partial charge on any atom is 0.0624 e. The summed E-state index contributed by atoms with van der Waals surface area (Å²) < 4.78 is 1.94. The van der Waals surface area contributed by atoms with E-state index in [0.717, 1.165) is 18.5 Å². The van der Waals surface area contributed by atoms with Crippen LogP contribution >= 0.6 is 0 Å². The number of aromatic nitrogens is 2. The van der Waals surface area contributed by atoms with Gasteiger partial charge in [-0.25, -0.2) is 0 Å². The lowest BCUT2D eigenvalue weighted by atomic mass is 9.98. The van der Waals surface area contributed by atoms with Crippen LogP contribution in [0.1, 0.15) is 35.5 Å². The van der Waals surface area contributed by atoms with Gasteiger partial charge in [-0.15, -0.1) is 0 Å². The molecule has 0 aliphatic rings. The highest BCUT2D eigenvalue weighted by atomic mass is 15.3. The number of hydrogen-bond donors (Lipinski definition) is 1. The molecule has 3 nitrogen and oxygen atoms in total. The van der Waals surface area contributed by atoms with Crippen LogP contribution in [0.5, 0.6) is 0 Å². The van der Waals surface area contributed by atoms with Crippen LogP contribution in [0.25, 0.3) is 0 Å². The van der Waals surface area contributed by atoms with Gasteiger partial charge in [-0.2, -0.15) is 5.10 Å². The van der Waals surface area contributed by atoms with Gasteiger partial charge in [0.2, 0.25) is 0 Å². The Morgan fingerprint density at radius 3 is 2.67 bits per heavy atom. The Balaban J connectivity index is 2.18. The molecule has 2 N–H and O–H groups in total. The standard InChI is InChI=1S/C15H21N3/c1-4-12-9-13(18(3)17-12)10-15(16)14-8-6-5-7-11(14)2/h5-9,15H,4,10,16H2,1-3H3. The minimum Gasteiger partial charge on any atom is -0.324 e. The molecular formula is C15H21N3. The smallest absolute Gasteiger partial charge is 0.0624 e. The van der Waals surface area contributed by atoms with Gasteiger partial charge in [0.05, 0.1) is 5.69 Å². The van der Waals surface area contributed by atoms with Crippen LogP contribution in [0, 0.1) is 6.92 Å². The Labute approximate surface area is 109 Å². The van der Waals surface area contributed by atoms with E-state index in [1.54, 1.807) is 0 Å². The molecule has 2 aromatic rings. The van der Waals surface area contributed by atoms with Crippen molar-refractivity contribution >= 4 is 0 Å². The Hall–Kier alpha value is -1.61. The summed E-state index contributed by atoms with van der Waals surface area (Å²) in [7, 11) is 1.99. The van der Waals surface area contributed by atoms with E-state index in [4.69, 9.17) is 5.73 Å². The van der Waals surface area contributed by atoms with Crippen molar-refractivity contribution in [1.29, 1.82) is 0 Å². The second kappa shape index (κ2) is 5.36. The molecule has 1 aromatic carbocycles. The SMILES string of the molecule is CCc1cc(CC(N)c2ccccc2C)n(C)n1. The lowest BCUT2D eigenvalue weighted by Gasteiger charge is -2.14. The van der Waals surface area contributed by atoms with Crippen LogP contribution < -0.4 is 5.73 Å². The summed E-state index contributed by atoms with van der Waals surface area (Å²) in [5.74, 6) is 0.